The van der Waals surface area contributed by atoms with Crippen LogP contribution < -0.4 is 9.62 Å². The van der Waals surface area contributed by atoms with Crippen LogP contribution in [0.4, 0.5) is 5.69 Å². The number of amides is 2. The first-order valence-electron chi connectivity index (χ1n) is 12.9. The maximum Gasteiger partial charge on any atom is 0.264 e. The maximum atomic E-state index is 14.3. The molecule has 1 N–H and O–H groups in total. The summed E-state index contributed by atoms with van der Waals surface area (Å²) in [6.45, 7) is -0.712. The lowest BCUT2D eigenvalue weighted by Gasteiger charge is -2.34. The number of benzene rings is 4. The number of likely N-dealkylation sites (N-methyl/N-ethyl adjacent to an activating group) is 1. The Bertz CT molecular complexity index is 1650. The van der Waals surface area contributed by atoms with Gasteiger partial charge in [-0.1, -0.05) is 108 Å². The van der Waals surface area contributed by atoms with Gasteiger partial charge in [-0.2, -0.15) is 0 Å². The molecule has 1 atom stereocenters. The lowest BCUT2D eigenvalue weighted by Crippen LogP contribution is -2.53. The van der Waals surface area contributed by atoms with E-state index in [1.54, 1.807) is 48.5 Å². The van der Waals surface area contributed by atoms with Crippen molar-refractivity contribution in [2.75, 3.05) is 17.9 Å². The topological polar surface area (TPSA) is 86.8 Å². The molecule has 0 heterocycles. The molecule has 0 saturated heterocycles. The standard InChI is InChI=1S/C31H28Cl3N3O4S/c1-35-31(39)28(19-22-11-4-2-5-12-22)36(20-23-13-8-9-16-25(23)32)29(38)21-37(27-18-10-17-26(33)30(27)34)42(40,41)24-14-6-3-7-15-24/h2-18,28H,19-21H2,1H3,(H,35,39)/t28-/m1/s1. The minimum atomic E-state index is -4.30. The number of sulfonamides is 1. The first-order chi connectivity index (χ1) is 20.1. The Labute approximate surface area is 260 Å². The third kappa shape index (κ3) is 7.25. The van der Waals surface area contributed by atoms with E-state index < -0.39 is 34.4 Å². The zero-order valence-corrected chi connectivity index (χ0v) is 25.7. The van der Waals surface area contributed by atoms with Crippen LogP contribution in [-0.2, 0) is 32.6 Å². The molecule has 0 bridgehead atoms. The van der Waals surface area contributed by atoms with Crippen LogP contribution in [-0.4, -0.2) is 44.8 Å². The summed E-state index contributed by atoms with van der Waals surface area (Å²) in [4.78, 5) is 28.9. The number of rotatable bonds is 11. The van der Waals surface area contributed by atoms with Crippen molar-refractivity contribution in [3.05, 3.63) is 129 Å². The first kappa shape index (κ1) is 31.4. The van der Waals surface area contributed by atoms with E-state index in [9.17, 15) is 18.0 Å². The van der Waals surface area contributed by atoms with Crippen LogP contribution in [0.3, 0.4) is 0 Å². The number of anilines is 1. The van der Waals surface area contributed by atoms with Gasteiger partial charge in [-0.05, 0) is 41.5 Å². The second-order valence-electron chi connectivity index (χ2n) is 9.33. The van der Waals surface area contributed by atoms with Crippen LogP contribution in [0.1, 0.15) is 11.1 Å². The number of nitrogens with one attached hydrogen (secondary N) is 1. The van der Waals surface area contributed by atoms with Gasteiger partial charge in [0.1, 0.15) is 12.6 Å². The number of hydrogen-bond donors (Lipinski definition) is 1. The van der Waals surface area contributed by atoms with Crippen LogP contribution in [0.15, 0.2) is 108 Å². The van der Waals surface area contributed by atoms with Gasteiger partial charge in [0.2, 0.25) is 11.8 Å². The van der Waals surface area contributed by atoms with Crippen LogP contribution in [0.5, 0.6) is 0 Å². The van der Waals surface area contributed by atoms with Gasteiger partial charge in [-0.3, -0.25) is 13.9 Å². The second-order valence-corrected chi connectivity index (χ2v) is 12.4. The largest absolute Gasteiger partial charge is 0.357 e. The molecule has 4 aromatic rings. The number of hydrogen-bond acceptors (Lipinski definition) is 4. The molecule has 0 radical (unpaired) electrons. The van der Waals surface area contributed by atoms with Gasteiger partial charge in [0.15, 0.2) is 0 Å². The average Bonchev–Trinajstić information content (AvgIpc) is 3.00. The fraction of sp³-hybridized carbons (Fsp3) is 0.161. The third-order valence-electron chi connectivity index (χ3n) is 6.63. The van der Waals surface area contributed by atoms with Gasteiger partial charge in [0.05, 0.1) is 20.6 Å². The molecular formula is C31H28Cl3N3O4S. The average molecular weight is 645 g/mol. The number of carbonyl (C=O) groups is 2. The first-order valence-corrected chi connectivity index (χ1v) is 15.5. The highest BCUT2D eigenvalue weighted by Crippen LogP contribution is 2.35. The summed E-state index contributed by atoms with van der Waals surface area (Å²) in [5, 5.41) is 3.13. The van der Waals surface area contributed by atoms with E-state index in [1.807, 2.05) is 30.3 Å². The predicted molar refractivity (Wildman–Crippen MR) is 167 cm³/mol. The highest BCUT2D eigenvalue weighted by molar-refractivity contribution is 7.92. The summed E-state index contributed by atoms with van der Waals surface area (Å²) in [6.07, 6.45) is 0.181. The predicted octanol–water partition coefficient (Wildman–Crippen LogP) is 6.23. The fourth-order valence-electron chi connectivity index (χ4n) is 4.45. The van der Waals surface area contributed by atoms with E-state index in [0.717, 1.165) is 9.87 Å². The van der Waals surface area contributed by atoms with Crippen molar-refractivity contribution in [2.45, 2.75) is 23.9 Å². The quantitative estimate of drug-likeness (QED) is 0.210. The van der Waals surface area contributed by atoms with E-state index in [1.165, 1.54) is 36.2 Å². The molecule has 0 fully saturated rings. The Balaban J connectivity index is 1.82. The van der Waals surface area contributed by atoms with Crippen molar-refractivity contribution in [3.8, 4) is 0 Å². The molecule has 0 unspecified atom stereocenters. The lowest BCUT2D eigenvalue weighted by atomic mass is 10.0. The van der Waals surface area contributed by atoms with Gasteiger partial charge in [0.25, 0.3) is 10.0 Å². The highest BCUT2D eigenvalue weighted by atomic mass is 35.5. The highest BCUT2D eigenvalue weighted by Gasteiger charge is 2.35. The molecule has 0 spiro atoms. The molecule has 0 aliphatic carbocycles. The van der Waals surface area contributed by atoms with E-state index in [2.05, 4.69) is 5.32 Å². The smallest absolute Gasteiger partial charge is 0.264 e. The van der Waals surface area contributed by atoms with Crippen molar-refractivity contribution in [1.29, 1.82) is 0 Å². The van der Waals surface area contributed by atoms with Crippen LogP contribution >= 0.6 is 34.8 Å². The van der Waals surface area contributed by atoms with Gasteiger partial charge < -0.3 is 10.2 Å². The lowest BCUT2D eigenvalue weighted by molar-refractivity contribution is -0.139. The summed E-state index contributed by atoms with van der Waals surface area (Å²) >= 11 is 19.2. The van der Waals surface area contributed by atoms with Gasteiger partial charge in [-0.25, -0.2) is 8.42 Å². The number of carbonyl (C=O) groups excluding carboxylic acids is 2. The van der Waals surface area contributed by atoms with Crippen molar-refractivity contribution in [1.82, 2.24) is 10.2 Å². The molecule has 0 aliphatic rings. The SMILES string of the molecule is CNC(=O)[C@@H](Cc1ccccc1)N(Cc1ccccc1Cl)C(=O)CN(c1cccc(Cl)c1Cl)S(=O)(=O)c1ccccc1. The molecular weight excluding hydrogens is 617 g/mol. The van der Waals surface area contributed by atoms with E-state index >= 15 is 0 Å². The Morgan fingerprint density at radius 3 is 2.02 bits per heavy atom. The summed E-state index contributed by atoms with van der Waals surface area (Å²) < 4.78 is 28.9. The Hall–Kier alpha value is -3.56. The van der Waals surface area contributed by atoms with Crippen LogP contribution in [0.25, 0.3) is 0 Å². The molecule has 4 aromatic carbocycles. The van der Waals surface area contributed by atoms with E-state index in [-0.39, 0.29) is 33.6 Å². The minimum Gasteiger partial charge on any atom is -0.357 e. The second kappa shape index (κ2) is 14.1. The van der Waals surface area contributed by atoms with Gasteiger partial charge in [-0.15, -0.1) is 0 Å². The summed E-state index contributed by atoms with van der Waals surface area (Å²) in [5.41, 5.74) is 1.43. The van der Waals surface area contributed by atoms with E-state index in [0.29, 0.717) is 10.6 Å². The summed E-state index contributed by atoms with van der Waals surface area (Å²) in [7, 11) is -2.81. The normalized spacial score (nSPS) is 11.9. The van der Waals surface area contributed by atoms with Crippen molar-refractivity contribution in [2.24, 2.45) is 0 Å². The van der Waals surface area contributed by atoms with Crippen LogP contribution in [0.2, 0.25) is 15.1 Å². The molecule has 0 aliphatic heterocycles. The minimum absolute atomic E-state index is 0.0265. The number of nitrogens with zero attached hydrogens (tertiary/aromatic N) is 2. The molecule has 0 saturated carbocycles. The van der Waals surface area contributed by atoms with Crippen molar-refractivity contribution in [3.63, 3.8) is 0 Å². The zero-order chi connectivity index (χ0) is 30.3. The molecule has 218 valence electrons. The van der Waals surface area contributed by atoms with Crippen LogP contribution in [0, 0.1) is 0 Å². The van der Waals surface area contributed by atoms with Gasteiger partial charge in [0, 0.05) is 25.0 Å². The van der Waals surface area contributed by atoms with Crippen molar-refractivity contribution < 1.29 is 18.0 Å². The molecule has 4 rings (SSSR count). The zero-order valence-electron chi connectivity index (χ0n) is 22.6. The Morgan fingerprint density at radius 2 is 1.38 bits per heavy atom. The molecule has 7 nitrogen and oxygen atoms in total. The molecule has 0 aromatic heterocycles. The van der Waals surface area contributed by atoms with Crippen molar-refractivity contribution >= 4 is 62.3 Å². The maximum absolute atomic E-state index is 14.3. The summed E-state index contributed by atoms with van der Waals surface area (Å²) in [6, 6.07) is 27.5. The van der Waals surface area contributed by atoms with Gasteiger partial charge >= 0.3 is 0 Å². The molecule has 42 heavy (non-hydrogen) atoms. The number of halogens is 3. The van der Waals surface area contributed by atoms with E-state index in [4.69, 9.17) is 34.8 Å². The Morgan fingerprint density at radius 1 is 0.786 bits per heavy atom. The monoisotopic (exact) mass is 643 g/mol. The molecule has 11 heteroatoms. The molecule has 2 amide bonds. The third-order valence-corrected chi connectivity index (χ3v) is 9.58. The summed E-state index contributed by atoms with van der Waals surface area (Å²) in [5.74, 6) is -1.06. The Kier molecular flexibility index (Phi) is 10.5. The fourth-order valence-corrected chi connectivity index (χ4v) is 6.54.